The zero-order chi connectivity index (χ0) is 14.5. The Morgan fingerprint density at radius 3 is 2.47 bits per heavy atom. The van der Waals surface area contributed by atoms with E-state index in [1.54, 1.807) is 12.1 Å². The lowest BCUT2D eigenvalue weighted by molar-refractivity contribution is 0.206. The molecule has 1 aromatic rings. The Morgan fingerprint density at radius 1 is 1.21 bits per heavy atom. The van der Waals surface area contributed by atoms with Crippen molar-refractivity contribution >= 4 is 23.2 Å². The van der Waals surface area contributed by atoms with Crippen LogP contribution in [0.3, 0.4) is 0 Å². The molecule has 1 N–H and O–H groups in total. The molecule has 19 heavy (non-hydrogen) atoms. The highest BCUT2D eigenvalue weighted by Crippen LogP contribution is 2.27. The Kier molecular flexibility index (Phi) is 6.45. The van der Waals surface area contributed by atoms with Crippen molar-refractivity contribution in [2.45, 2.75) is 52.2 Å². The summed E-state index contributed by atoms with van der Waals surface area (Å²) in [4.78, 5) is 0. The van der Waals surface area contributed by atoms with Crippen LogP contribution in [0.25, 0.3) is 0 Å². The predicted molar refractivity (Wildman–Crippen MR) is 83.5 cm³/mol. The SMILES string of the molecule is CC(CCCNC(C)(C)C)Oc1ccc(Cl)c(Cl)c1. The van der Waals surface area contributed by atoms with E-state index >= 15 is 0 Å². The van der Waals surface area contributed by atoms with Crippen molar-refractivity contribution in [1.82, 2.24) is 5.32 Å². The largest absolute Gasteiger partial charge is 0.491 e. The van der Waals surface area contributed by atoms with Crippen molar-refractivity contribution in [3.05, 3.63) is 28.2 Å². The van der Waals surface area contributed by atoms with E-state index in [2.05, 4.69) is 33.0 Å². The van der Waals surface area contributed by atoms with Gasteiger partial charge in [0.25, 0.3) is 0 Å². The van der Waals surface area contributed by atoms with Crippen LogP contribution in [0, 0.1) is 0 Å². The molecule has 0 spiro atoms. The van der Waals surface area contributed by atoms with Gasteiger partial charge in [-0.25, -0.2) is 0 Å². The number of halogens is 2. The molecule has 1 atom stereocenters. The Labute approximate surface area is 126 Å². The first-order valence-corrected chi connectivity index (χ1v) is 7.40. The molecule has 0 aliphatic rings. The molecule has 0 aliphatic heterocycles. The van der Waals surface area contributed by atoms with Gasteiger partial charge in [-0.15, -0.1) is 0 Å². The van der Waals surface area contributed by atoms with Crippen LogP contribution >= 0.6 is 23.2 Å². The minimum Gasteiger partial charge on any atom is -0.491 e. The number of benzene rings is 1. The van der Waals surface area contributed by atoms with Gasteiger partial charge < -0.3 is 10.1 Å². The van der Waals surface area contributed by atoms with Gasteiger partial charge in [-0.2, -0.15) is 0 Å². The lowest BCUT2D eigenvalue weighted by Gasteiger charge is -2.21. The molecule has 0 saturated carbocycles. The van der Waals surface area contributed by atoms with Crippen LogP contribution in [0.5, 0.6) is 5.75 Å². The Balaban J connectivity index is 2.31. The molecule has 0 radical (unpaired) electrons. The van der Waals surface area contributed by atoms with Crippen LogP contribution in [0.4, 0.5) is 0 Å². The van der Waals surface area contributed by atoms with Crippen LogP contribution < -0.4 is 10.1 Å². The quantitative estimate of drug-likeness (QED) is 0.752. The van der Waals surface area contributed by atoms with Gasteiger partial charge in [-0.3, -0.25) is 0 Å². The number of ether oxygens (including phenoxy) is 1. The molecule has 108 valence electrons. The van der Waals surface area contributed by atoms with Crippen LogP contribution in [0.15, 0.2) is 18.2 Å². The van der Waals surface area contributed by atoms with E-state index < -0.39 is 0 Å². The second-order valence-electron chi connectivity index (χ2n) is 5.82. The Morgan fingerprint density at radius 2 is 1.89 bits per heavy atom. The maximum atomic E-state index is 5.95. The van der Waals surface area contributed by atoms with Crippen LogP contribution in [-0.4, -0.2) is 18.2 Å². The molecule has 1 rings (SSSR count). The van der Waals surface area contributed by atoms with Gasteiger partial charge in [-0.05, 0) is 59.2 Å². The monoisotopic (exact) mass is 303 g/mol. The minimum absolute atomic E-state index is 0.166. The molecule has 0 amide bonds. The zero-order valence-electron chi connectivity index (χ0n) is 12.1. The molecule has 0 heterocycles. The summed E-state index contributed by atoms with van der Waals surface area (Å²) >= 11 is 11.8. The van der Waals surface area contributed by atoms with Crippen molar-refractivity contribution in [3.8, 4) is 5.75 Å². The van der Waals surface area contributed by atoms with Gasteiger partial charge in [0.15, 0.2) is 0 Å². The summed E-state index contributed by atoms with van der Waals surface area (Å²) in [6.07, 6.45) is 2.25. The molecule has 0 aliphatic carbocycles. The molecular weight excluding hydrogens is 281 g/mol. The van der Waals surface area contributed by atoms with E-state index in [-0.39, 0.29) is 11.6 Å². The lowest BCUT2D eigenvalue weighted by Crippen LogP contribution is -2.36. The highest BCUT2D eigenvalue weighted by molar-refractivity contribution is 6.42. The van der Waals surface area contributed by atoms with E-state index in [4.69, 9.17) is 27.9 Å². The van der Waals surface area contributed by atoms with Crippen molar-refractivity contribution < 1.29 is 4.74 Å². The highest BCUT2D eigenvalue weighted by atomic mass is 35.5. The molecule has 4 heteroatoms. The Hall–Kier alpha value is -0.440. The van der Waals surface area contributed by atoms with Gasteiger partial charge in [-0.1, -0.05) is 23.2 Å². The normalized spacial score (nSPS) is 13.4. The van der Waals surface area contributed by atoms with Gasteiger partial charge in [0.1, 0.15) is 5.75 Å². The molecule has 1 aromatic carbocycles. The van der Waals surface area contributed by atoms with Crippen LogP contribution in [0.2, 0.25) is 10.0 Å². The van der Waals surface area contributed by atoms with E-state index in [9.17, 15) is 0 Å². The second kappa shape index (κ2) is 7.37. The van der Waals surface area contributed by atoms with E-state index in [1.165, 1.54) is 0 Å². The van der Waals surface area contributed by atoms with Crippen molar-refractivity contribution in [2.75, 3.05) is 6.54 Å². The summed E-state index contributed by atoms with van der Waals surface area (Å²) < 4.78 is 5.81. The first-order valence-electron chi connectivity index (χ1n) is 6.64. The Bertz CT molecular complexity index is 402. The summed E-state index contributed by atoms with van der Waals surface area (Å²) in [6.45, 7) is 9.58. The molecule has 1 unspecified atom stereocenters. The summed E-state index contributed by atoms with van der Waals surface area (Å²) in [7, 11) is 0. The third kappa shape index (κ3) is 7.05. The number of nitrogens with one attached hydrogen (secondary N) is 1. The van der Waals surface area contributed by atoms with Crippen molar-refractivity contribution in [1.29, 1.82) is 0 Å². The summed E-state index contributed by atoms with van der Waals surface area (Å²) in [5, 5.41) is 4.54. The molecular formula is C15H23Cl2NO. The van der Waals surface area contributed by atoms with E-state index in [1.807, 2.05) is 6.07 Å². The fourth-order valence-corrected chi connectivity index (χ4v) is 1.98. The van der Waals surface area contributed by atoms with Crippen molar-refractivity contribution in [2.24, 2.45) is 0 Å². The van der Waals surface area contributed by atoms with Gasteiger partial charge in [0.05, 0.1) is 16.1 Å². The van der Waals surface area contributed by atoms with E-state index in [0.29, 0.717) is 10.0 Å². The number of hydrogen-bond acceptors (Lipinski definition) is 2. The first-order chi connectivity index (χ1) is 8.78. The van der Waals surface area contributed by atoms with Gasteiger partial charge in [0.2, 0.25) is 0 Å². The second-order valence-corrected chi connectivity index (χ2v) is 6.64. The first kappa shape index (κ1) is 16.6. The summed E-state index contributed by atoms with van der Waals surface area (Å²) in [6, 6.07) is 5.36. The standard InChI is InChI=1S/C15H23Cl2NO/c1-11(6-5-9-18-15(2,3)4)19-12-7-8-13(16)14(17)10-12/h7-8,10-11,18H,5-6,9H2,1-4H3. The topological polar surface area (TPSA) is 21.3 Å². The lowest BCUT2D eigenvalue weighted by atomic mass is 10.1. The minimum atomic E-state index is 0.166. The van der Waals surface area contributed by atoms with Gasteiger partial charge in [0, 0.05) is 11.6 Å². The fourth-order valence-electron chi connectivity index (χ4n) is 1.69. The molecule has 0 bridgehead atoms. The molecule has 0 saturated heterocycles. The summed E-state index contributed by atoms with van der Waals surface area (Å²) in [5.74, 6) is 0.769. The number of hydrogen-bond donors (Lipinski definition) is 1. The third-order valence-corrected chi connectivity index (χ3v) is 3.41. The van der Waals surface area contributed by atoms with Crippen LogP contribution in [-0.2, 0) is 0 Å². The molecule has 2 nitrogen and oxygen atoms in total. The molecule has 0 fully saturated rings. The fraction of sp³-hybridized carbons (Fsp3) is 0.600. The smallest absolute Gasteiger partial charge is 0.121 e. The number of rotatable bonds is 6. The van der Waals surface area contributed by atoms with Gasteiger partial charge >= 0.3 is 0 Å². The van der Waals surface area contributed by atoms with Crippen LogP contribution in [0.1, 0.15) is 40.5 Å². The average molecular weight is 304 g/mol. The average Bonchev–Trinajstić information content (AvgIpc) is 2.28. The zero-order valence-corrected chi connectivity index (χ0v) is 13.6. The summed E-state index contributed by atoms with van der Waals surface area (Å²) in [5.41, 5.74) is 0.174. The van der Waals surface area contributed by atoms with Crippen molar-refractivity contribution in [3.63, 3.8) is 0 Å². The van der Waals surface area contributed by atoms with E-state index in [0.717, 1.165) is 25.1 Å². The predicted octanol–water partition coefficient (Wildman–Crippen LogP) is 4.93. The maximum absolute atomic E-state index is 5.95. The highest BCUT2D eigenvalue weighted by Gasteiger charge is 2.09. The third-order valence-electron chi connectivity index (χ3n) is 2.67. The maximum Gasteiger partial charge on any atom is 0.121 e. The molecule has 0 aromatic heterocycles.